The van der Waals surface area contributed by atoms with Crippen LogP contribution in [0, 0.1) is 5.82 Å². The van der Waals surface area contributed by atoms with Gasteiger partial charge in [-0.1, -0.05) is 11.6 Å². The average molecular weight is 504 g/mol. The monoisotopic (exact) mass is 503 g/mol. The van der Waals surface area contributed by atoms with Crippen LogP contribution in [0.15, 0.2) is 74.1 Å². The average Bonchev–Trinajstić information content (AvgIpc) is 2.79. The summed E-state index contributed by atoms with van der Waals surface area (Å²) in [5.41, 5.74) is 13.5. The molecule has 0 aliphatic rings. The molecule has 0 fully saturated rings. The zero-order valence-electron chi connectivity index (χ0n) is 19.6. The van der Waals surface area contributed by atoms with Crippen molar-refractivity contribution in [2.45, 2.75) is 24.7 Å². The van der Waals surface area contributed by atoms with Crippen LogP contribution >= 0.6 is 23.5 Å². The van der Waals surface area contributed by atoms with E-state index >= 15 is 0 Å². The Morgan fingerprint density at radius 1 is 1.18 bits per heavy atom. The van der Waals surface area contributed by atoms with E-state index in [9.17, 15) is 4.39 Å². The van der Waals surface area contributed by atoms with Gasteiger partial charge in [0.15, 0.2) is 11.7 Å². The molecule has 0 amide bonds. The molecule has 182 valence electrons. The van der Waals surface area contributed by atoms with Crippen LogP contribution in [0.3, 0.4) is 0 Å². The Labute approximate surface area is 210 Å². The third-order valence-electron chi connectivity index (χ3n) is 4.38. The van der Waals surface area contributed by atoms with Crippen LogP contribution < -0.4 is 16.2 Å². The number of benzene rings is 2. The molecular weight excluding hydrogens is 473 g/mol. The maximum absolute atomic E-state index is 13.9. The lowest BCUT2D eigenvalue weighted by Crippen LogP contribution is -2.13. The number of anilines is 1. The van der Waals surface area contributed by atoms with Gasteiger partial charge in [-0.15, -0.1) is 0 Å². The summed E-state index contributed by atoms with van der Waals surface area (Å²) in [4.78, 5) is 15.9. The number of aliphatic imine (C=N–C) groups is 3. The molecule has 0 heterocycles. The van der Waals surface area contributed by atoms with E-state index in [-0.39, 0.29) is 5.82 Å². The van der Waals surface area contributed by atoms with E-state index in [4.69, 9.17) is 23.1 Å². The Hall–Kier alpha value is -2.88. The highest BCUT2D eigenvalue weighted by Gasteiger charge is 2.07. The largest absolute Gasteiger partial charge is 0.402 e. The molecule has 0 bridgehead atoms. The Kier molecular flexibility index (Phi) is 11.6. The van der Waals surface area contributed by atoms with Gasteiger partial charge in [0.25, 0.3) is 0 Å². The van der Waals surface area contributed by atoms with Crippen molar-refractivity contribution in [1.82, 2.24) is 4.90 Å². The fourth-order valence-corrected chi connectivity index (χ4v) is 3.71. The zero-order valence-corrected chi connectivity index (χ0v) is 21.2. The van der Waals surface area contributed by atoms with E-state index in [0.29, 0.717) is 33.8 Å². The van der Waals surface area contributed by atoms with Gasteiger partial charge in [-0.2, -0.15) is 0 Å². The highest BCUT2D eigenvalue weighted by Crippen LogP contribution is 2.26. The number of nitrogens with one attached hydrogen (secondary N) is 1. The molecule has 5 N–H and O–H groups in total. The van der Waals surface area contributed by atoms with Crippen LogP contribution in [0.2, 0.25) is 5.02 Å². The van der Waals surface area contributed by atoms with Crippen molar-refractivity contribution in [3.63, 3.8) is 0 Å². The Bertz CT molecular complexity index is 1050. The molecule has 0 atom stereocenters. The summed E-state index contributed by atoms with van der Waals surface area (Å²) < 4.78 is 17.0. The maximum atomic E-state index is 13.9. The van der Waals surface area contributed by atoms with Crippen LogP contribution in [0.1, 0.15) is 25.3 Å². The third-order valence-corrected chi connectivity index (χ3v) is 5.48. The Balaban J connectivity index is 2.15. The predicted octanol–water partition coefficient (Wildman–Crippen LogP) is 4.93. The fraction of sp³-hybridized carbons (Fsp3) is 0.292. The Morgan fingerprint density at radius 2 is 1.91 bits per heavy atom. The van der Waals surface area contributed by atoms with Crippen molar-refractivity contribution in [2.75, 3.05) is 31.9 Å². The number of hydrogen-bond acceptors (Lipinski definition) is 5. The van der Waals surface area contributed by atoms with E-state index in [0.717, 1.165) is 42.6 Å². The first-order valence-corrected chi connectivity index (χ1v) is 11.9. The predicted molar refractivity (Wildman–Crippen MR) is 145 cm³/mol. The minimum Gasteiger partial charge on any atom is -0.402 e. The van der Waals surface area contributed by atoms with Gasteiger partial charge < -0.3 is 21.1 Å². The van der Waals surface area contributed by atoms with E-state index in [1.54, 1.807) is 19.1 Å². The number of allylic oxidation sites excluding steroid dienone is 1. The van der Waals surface area contributed by atoms with Crippen LogP contribution in [-0.2, 0) is 0 Å². The van der Waals surface area contributed by atoms with E-state index in [2.05, 4.69) is 24.6 Å². The first kappa shape index (κ1) is 27.4. The number of nitrogens with zero attached hydrogens (tertiary/aromatic N) is 4. The van der Waals surface area contributed by atoms with Crippen molar-refractivity contribution < 1.29 is 4.39 Å². The molecule has 34 heavy (non-hydrogen) atoms. The lowest BCUT2D eigenvalue weighted by Gasteiger charge is -2.08. The Morgan fingerprint density at radius 3 is 2.56 bits per heavy atom. The minimum atomic E-state index is -0.345. The summed E-state index contributed by atoms with van der Waals surface area (Å²) >= 11 is 7.09. The van der Waals surface area contributed by atoms with Crippen LogP contribution in [0.4, 0.5) is 10.1 Å². The molecule has 2 aromatic carbocycles. The second-order valence-corrected chi connectivity index (χ2v) is 8.99. The first-order chi connectivity index (χ1) is 16.3. The molecule has 0 radical (unpaired) electrons. The molecule has 0 aliphatic heterocycles. The molecule has 2 aromatic rings. The van der Waals surface area contributed by atoms with Gasteiger partial charge in [-0.25, -0.2) is 14.4 Å². The topological polar surface area (TPSA) is 104 Å². The summed E-state index contributed by atoms with van der Waals surface area (Å²) in [5.74, 6) is 0.550. The quantitative estimate of drug-likeness (QED) is 0.184. The number of unbranched alkanes of at least 4 members (excludes halogenated alkanes) is 1. The second-order valence-electron chi connectivity index (χ2n) is 7.71. The normalized spacial score (nSPS) is 13.2. The zero-order chi connectivity index (χ0) is 24.9. The van der Waals surface area contributed by atoms with Crippen LogP contribution in [0.25, 0.3) is 0 Å². The summed E-state index contributed by atoms with van der Waals surface area (Å²) in [5, 5.41) is 0.471. The summed E-state index contributed by atoms with van der Waals surface area (Å²) in [7, 11) is 4.09. The van der Waals surface area contributed by atoms with Crippen molar-refractivity contribution in [2.24, 2.45) is 26.4 Å². The number of nitrogens with two attached hydrogens (primary N) is 2. The van der Waals surface area contributed by atoms with Crippen molar-refractivity contribution >= 4 is 47.2 Å². The summed E-state index contributed by atoms with van der Waals surface area (Å²) in [6.45, 7) is 3.42. The van der Waals surface area contributed by atoms with Crippen molar-refractivity contribution in [3.05, 3.63) is 70.6 Å². The SMILES string of the molecule is C/C(N)=C\C(=NCCCCN(C)C)N=C(N=CN)c1ccc(NSc2cc(Cl)ccc2F)cc1. The highest BCUT2D eigenvalue weighted by molar-refractivity contribution is 8.00. The third kappa shape index (κ3) is 9.94. The lowest BCUT2D eigenvalue weighted by molar-refractivity contribution is 0.396. The molecule has 0 saturated heterocycles. The van der Waals surface area contributed by atoms with Crippen LogP contribution in [-0.4, -0.2) is 50.1 Å². The number of rotatable bonds is 10. The minimum absolute atomic E-state index is 0.345. The molecule has 0 saturated carbocycles. The van der Waals surface area contributed by atoms with Crippen LogP contribution in [0.5, 0.6) is 0 Å². The molecule has 0 spiro atoms. The smallest absolute Gasteiger partial charge is 0.163 e. The lowest BCUT2D eigenvalue weighted by atomic mass is 10.2. The van der Waals surface area contributed by atoms with Crippen molar-refractivity contribution in [1.29, 1.82) is 0 Å². The molecule has 7 nitrogen and oxygen atoms in total. The van der Waals surface area contributed by atoms with Gasteiger partial charge >= 0.3 is 0 Å². The number of halogens is 2. The van der Waals surface area contributed by atoms with Gasteiger partial charge in [0.1, 0.15) is 5.82 Å². The highest BCUT2D eigenvalue weighted by atomic mass is 35.5. The van der Waals surface area contributed by atoms with E-state index in [1.165, 1.54) is 18.5 Å². The standard InChI is InChI=1S/C24H31ClFN7S/c1-17(28)14-23(29-12-4-5-13-33(2)3)31-24(30-16-27)18-6-9-20(10-7-18)32-34-22-15-19(25)8-11-21(22)26/h6-11,14-16,32H,4-5,12-13,28H2,1-3H3,(H2,27,29,30,31)/b17-14+. The fourth-order valence-electron chi connectivity index (χ4n) is 2.75. The molecule has 0 unspecified atom stereocenters. The summed E-state index contributed by atoms with van der Waals surface area (Å²) in [6, 6.07) is 11.8. The molecule has 2 rings (SSSR count). The molecule has 10 heteroatoms. The maximum Gasteiger partial charge on any atom is 0.163 e. The summed E-state index contributed by atoms with van der Waals surface area (Å²) in [6.07, 6.45) is 4.88. The number of amidine groups is 2. The van der Waals surface area contributed by atoms with Gasteiger partial charge in [-0.3, -0.25) is 4.99 Å². The first-order valence-electron chi connectivity index (χ1n) is 10.7. The van der Waals surface area contributed by atoms with Gasteiger partial charge in [0.05, 0.1) is 11.2 Å². The van der Waals surface area contributed by atoms with E-state index < -0.39 is 0 Å². The molecular formula is C24H31ClFN7S. The number of hydrogen-bond donors (Lipinski definition) is 3. The molecule has 0 aliphatic carbocycles. The van der Waals surface area contributed by atoms with Crippen molar-refractivity contribution in [3.8, 4) is 0 Å². The van der Waals surface area contributed by atoms with Gasteiger partial charge in [0.2, 0.25) is 0 Å². The molecule has 0 aromatic heterocycles. The van der Waals surface area contributed by atoms with Gasteiger partial charge in [0, 0.05) is 34.6 Å². The van der Waals surface area contributed by atoms with E-state index in [1.807, 2.05) is 38.4 Å². The second kappa shape index (κ2) is 14.4. The van der Waals surface area contributed by atoms with Gasteiger partial charge in [-0.05, 0) is 94.8 Å².